The van der Waals surface area contributed by atoms with E-state index in [9.17, 15) is 0 Å². The molecule has 1 heterocycles. The molecule has 21 heavy (non-hydrogen) atoms. The van der Waals surface area contributed by atoms with Gasteiger partial charge in [-0.15, -0.1) is 0 Å². The summed E-state index contributed by atoms with van der Waals surface area (Å²) in [5, 5.41) is 4.90. The van der Waals surface area contributed by atoms with E-state index in [4.69, 9.17) is 4.74 Å². The normalized spacial score (nSPS) is 12.2. The minimum atomic E-state index is 0.133. The van der Waals surface area contributed by atoms with Crippen LogP contribution in [-0.4, -0.2) is 23.3 Å². The average molecular weight is 288 g/mol. The molecule has 0 radical (unpaired) electrons. The SMILES string of the molecule is CCOCCCn1ccc2cccc(CNC(C)(C)C)c21. The predicted octanol–water partition coefficient (Wildman–Crippen LogP) is 3.96. The summed E-state index contributed by atoms with van der Waals surface area (Å²) in [7, 11) is 0. The van der Waals surface area contributed by atoms with E-state index in [0.29, 0.717) is 0 Å². The quantitative estimate of drug-likeness (QED) is 0.781. The van der Waals surface area contributed by atoms with Crippen LogP contribution in [0.15, 0.2) is 30.5 Å². The minimum absolute atomic E-state index is 0.133. The Kier molecular flexibility index (Phi) is 5.43. The summed E-state index contributed by atoms with van der Waals surface area (Å²) in [5.74, 6) is 0. The van der Waals surface area contributed by atoms with Crippen LogP contribution in [0.3, 0.4) is 0 Å². The van der Waals surface area contributed by atoms with Gasteiger partial charge in [-0.25, -0.2) is 0 Å². The second kappa shape index (κ2) is 7.10. The van der Waals surface area contributed by atoms with E-state index in [-0.39, 0.29) is 5.54 Å². The van der Waals surface area contributed by atoms with Gasteiger partial charge in [0.15, 0.2) is 0 Å². The first kappa shape index (κ1) is 16.1. The lowest BCUT2D eigenvalue weighted by Crippen LogP contribution is -2.35. The zero-order valence-corrected chi connectivity index (χ0v) is 13.8. The number of benzene rings is 1. The number of nitrogens with zero attached hydrogens (tertiary/aromatic N) is 1. The summed E-state index contributed by atoms with van der Waals surface area (Å²) in [6.45, 7) is 12.2. The van der Waals surface area contributed by atoms with E-state index >= 15 is 0 Å². The van der Waals surface area contributed by atoms with Gasteiger partial charge in [-0.2, -0.15) is 0 Å². The summed E-state index contributed by atoms with van der Waals surface area (Å²) in [4.78, 5) is 0. The van der Waals surface area contributed by atoms with Crippen molar-refractivity contribution in [3.63, 3.8) is 0 Å². The van der Waals surface area contributed by atoms with E-state index in [0.717, 1.165) is 32.7 Å². The Labute approximate surface area is 128 Å². The molecule has 0 saturated heterocycles. The minimum Gasteiger partial charge on any atom is -0.382 e. The van der Waals surface area contributed by atoms with Gasteiger partial charge < -0.3 is 14.6 Å². The number of hydrogen-bond donors (Lipinski definition) is 1. The lowest BCUT2D eigenvalue weighted by Gasteiger charge is -2.21. The summed E-state index contributed by atoms with van der Waals surface area (Å²) in [5.41, 5.74) is 2.85. The Bertz CT molecular complexity index is 566. The van der Waals surface area contributed by atoms with Crippen LogP contribution in [0, 0.1) is 0 Å². The van der Waals surface area contributed by atoms with E-state index in [1.54, 1.807) is 0 Å². The van der Waals surface area contributed by atoms with Crippen molar-refractivity contribution in [3.05, 3.63) is 36.0 Å². The maximum absolute atomic E-state index is 5.44. The molecule has 0 atom stereocenters. The third-order valence-electron chi connectivity index (χ3n) is 3.57. The summed E-state index contributed by atoms with van der Waals surface area (Å²) < 4.78 is 7.80. The van der Waals surface area contributed by atoms with Crippen LogP contribution in [0.25, 0.3) is 10.9 Å². The summed E-state index contributed by atoms with van der Waals surface area (Å²) in [6.07, 6.45) is 3.25. The molecule has 3 nitrogen and oxygen atoms in total. The monoisotopic (exact) mass is 288 g/mol. The highest BCUT2D eigenvalue weighted by Crippen LogP contribution is 2.21. The summed E-state index contributed by atoms with van der Waals surface area (Å²) in [6, 6.07) is 8.76. The molecular weight excluding hydrogens is 260 g/mol. The fourth-order valence-corrected chi connectivity index (χ4v) is 2.51. The van der Waals surface area contributed by atoms with Crippen molar-refractivity contribution in [1.29, 1.82) is 0 Å². The third kappa shape index (κ3) is 4.58. The highest BCUT2D eigenvalue weighted by atomic mass is 16.5. The molecule has 116 valence electrons. The highest BCUT2D eigenvalue weighted by Gasteiger charge is 2.11. The van der Waals surface area contributed by atoms with Crippen LogP contribution < -0.4 is 5.32 Å². The Morgan fingerprint density at radius 2 is 2.00 bits per heavy atom. The molecule has 0 aliphatic heterocycles. The van der Waals surface area contributed by atoms with Crippen LogP contribution in [0.4, 0.5) is 0 Å². The van der Waals surface area contributed by atoms with Crippen molar-refractivity contribution in [1.82, 2.24) is 9.88 Å². The number of hydrogen-bond acceptors (Lipinski definition) is 2. The Balaban J connectivity index is 2.15. The molecule has 1 aromatic carbocycles. The van der Waals surface area contributed by atoms with Gasteiger partial charge in [0.05, 0.1) is 5.52 Å². The lowest BCUT2D eigenvalue weighted by molar-refractivity contribution is 0.142. The Morgan fingerprint density at radius 3 is 2.71 bits per heavy atom. The number of ether oxygens (including phenoxy) is 1. The number of fused-ring (bicyclic) bond motifs is 1. The zero-order valence-electron chi connectivity index (χ0n) is 13.8. The zero-order chi connectivity index (χ0) is 15.3. The third-order valence-corrected chi connectivity index (χ3v) is 3.57. The standard InChI is InChI=1S/C18H28N2O/c1-5-21-13-7-11-20-12-10-15-8-6-9-16(17(15)20)14-19-18(2,3)4/h6,8-10,12,19H,5,7,11,13-14H2,1-4H3. The van der Waals surface area contributed by atoms with Crippen molar-refractivity contribution in [2.24, 2.45) is 0 Å². The van der Waals surface area contributed by atoms with Crippen molar-refractivity contribution >= 4 is 10.9 Å². The molecule has 0 unspecified atom stereocenters. The lowest BCUT2D eigenvalue weighted by atomic mass is 10.1. The fourth-order valence-electron chi connectivity index (χ4n) is 2.51. The van der Waals surface area contributed by atoms with Crippen LogP contribution in [0.2, 0.25) is 0 Å². The van der Waals surface area contributed by atoms with Gasteiger partial charge in [-0.1, -0.05) is 18.2 Å². The topological polar surface area (TPSA) is 26.2 Å². The molecule has 1 N–H and O–H groups in total. The number of para-hydroxylation sites is 1. The number of nitrogens with one attached hydrogen (secondary N) is 1. The molecule has 0 fully saturated rings. The van der Waals surface area contributed by atoms with Gasteiger partial charge in [0.2, 0.25) is 0 Å². The molecular formula is C18H28N2O. The number of rotatable bonds is 7. The van der Waals surface area contributed by atoms with Crippen molar-refractivity contribution < 1.29 is 4.74 Å². The van der Waals surface area contributed by atoms with Crippen LogP contribution in [0.1, 0.15) is 39.7 Å². The molecule has 0 amide bonds. The molecule has 1 aromatic heterocycles. The van der Waals surface area contributed by atoms with E-state index in [1.807, 2.05) is 6.92 Å². The molecule has 2 rings (SSSR count). The van der Waals surface area contributed by atoms with Gasteiger partial charge in [0.1, 0.15) is 0 Å². The van der Waals surface area contributed by atoms with Crippen molar-refractivity contribution in [2.45, 2.75) is 52.7 Å². The maximum Gasteiger partial charge on any atom is 0.0525 e. The second-order valence-corrected chi connectivity index (χ2v) is 6.52. The van der Waals surface area contributed by atoms with E-state index < -0.39 is 0 Å². The Hall–Kier alpha value is -1.32. The van der Waals surface area contributed by atoms with Gasteiger partial charge in [-0.3, -0.25) is 0 Å². The van der Waals surface area contributed by atoms with Crippen molar-refractivity contribution in [3.8, 4) is 0 Å². The van der Waals surface area contributed by atoms with Crippen molar-refractivity contribution in [2.75, 3.05) is 13.2 Å². The van der Waals surface area contributed by atoms with Gasteiger partial charge in [0.25, 0.3) is 0 Å². The number of aromatic nitrogens is 1. The van der Waals surface area contributed by atoms with E-state index in [2.05, 4.69) is 61.1 Å². The number of aryl methyl sites for hydroxylation is 1. The highest BCUT2D eigenvalue weighted by molar-refractivity contribution is 5.83. The maximum atomic E-state index is 5.44. The van der Waals surface area contributed by atoms with Crippen LogP contribution in [0.5, 0.6) is 0 Å². The van der Waals surface area contributed by atoms with Gasteiger partial charge in [-0.05, 0) is 51.1 Å². The Morgan fingerprint density at radius 1 is 1.19 bits per heavy atom. The molecule has 0 saturated carbocycles. The second-order valence-electron chi connectivity index (χ2n) is 6.52. The predicted molar refractivity (Wildman–Crippen MR) is 89.6 cm³/mol. The van der Waals surface area contributed by atoms with Gasteiger partial charge in [0, 0.05) is 38.0 Å². The first-order valence-electron chi connectivity index (χ1n) is 7.91. The molecule has 3 heteroatoms. The van der Waals surface area contributed by atoms with Crippen LogP contribution in [-0.2, 0) is 17.8 Å². The molecule has 2 aromatic rings. The molecule has 0 aliphatic rings. The molecule has 0 spiro atoms. The van der Waals surface area contributed by atoms with E-state index in [1.165, 1.54) is 16.5 Å². The smallest absolute Gasteiger partial charge is 0.0525 e. The van der Waals surface area contributed by atoms with Gasteiger partial charge >= 0.3 is 0 Å². The van der Waals surface area contributed by atoms with Crippen LogP contribution >= 0.6 is 0 Å². The fraction of sp³-hybridized carbons (Fsp3) is 0.556. The largest absolute Gasteiger partial charge is 0.382 e. The average Bonchev–Trinajstić information content (AvgIpc) is 2.84. The first-order chi connectivity index (χ1) is 10.0. The molecule has 0 aliphatic carbocycles. The first-order valence-corrected chi connectivity index (χ1v) is 7.91. The summed E-state index contributed by atoms with van der Waals surface area (Å²) >= 11 is 0. The molecule has 0 bridgehead atoms.